The van der Waals surface area contributed by atoms with Crippen LogP contribution in [0.4, 0.5) is 4.39 Å². The molecule has 2 atom stereocenters. The second-order valence-corrected chi connectivity index (χ2v) is 7.41. The summed E-state index contributed by atoms with van der Waals surface area (Å²) in [5, 5.41) is 4.65. The highest BCUT2D eigenvalue weighted by molar-refractivity contribution is 7.15. The van der Waals surface area contributed by atoms with Gasteiger partial charge in [-0.05, 0) is 31.0 Å². The van der Waals surface area contributed by atoms with Gasteiger partial charge in [-0.1, -0.05) is 12.1 Å². The highest BCUT2D eigenvalue weighted by Gasteiger charge is 2.30. The van der Waals surface area contributed by atoms with Crippen LogP contribution in [0.2, 0.25) is 0 Å². The fourth-order valence-electron chi connectivity index (χ4n) is 3.36. The minimum atomic E-state index is -0.447. The molecule has 3 aromatic rings. The number of amides is 1. The first-order valence-electron chi connectivity index (χ1n) is 8.65. The number of carbonyl (C=O) groups excluding carboxylic acids is 1. The SMILES string of the molecule is Cc1csc2ncc(C(=O)NC[C@@H]3CCO[C@H]3c3ccc(F)cc3)c(=O)n12. The zero-order valence-electron chi connectivity index (χ0n) is 14.6. The van der Waals surface area contributed by atoms with Gasteiger partial charge in [0.2, 0.25) is 0 Å². The number of thiazole rings is 1. The lowest BCUT2D eigenvalue weighted by Crippen LogP contribution is -2.35. The Kier molecular flexibility index (Phi) is 4.75. The predicted molar refractivity (Wildman–Crippen MR) is 99.6 cm³/mol. The standard InChI is InChI=1S/C19H18FN3O3S/c1-11-10-27-19-22-9-15(18(25)23(11)19)17(24)21-8-13-6-7-26-16(13)12-2-4-14(20)5-3-12/h2-5,9-10,13,16H,6-8H2,1H3,(H,21,24)/t13-,16-/m0/s1. The maximum Gasteiger partial charge on any atom is 0.271 e. The molecule has 1 fully saturated rings. The molecule has 140 valence electrons. The zero-order chi connectivity index (χ0) is 19.0. The van der Waals surface area contributed by atoms with Crippen molar-refractivity contribution in [1.29, 1.82) is 0 Å². The fourth-order valence-corrected chi connectivity index (χ4v) is 4.19. The minimum absolute atomic E-state index is 0.0197. The molecule has 6 nitrogen and oxygen atoms in total. The summed E-state index contributed by atoms with van der Waals surface area (Å²) in [4.78, 5) is 29.9. The second kappa shape index (κ2) is 7.21. The summed E-state index contributed by atoms with van der Waals surface area (Å²) in [5.41, 5.74) is 1.29. The van der Waals surface area contributed by atoms with Gasteiger partial charge in [0.15, 0.2) is 4.96 Å². The molecule has 1 N–H and O–H groups in total. The number of hydrogen-bond donors (Lipinski definition) is 1. The number of benzene rings is 1. The van der Waals surface area contributed by atoms with Gasteiger partial charge >= 0.3 is 0 Å². The zero-order valence-corrected chi connectivity index (χ0v) is 15.5. The molecule has 0 bridgehead atoms. The number of ether oxygens (including phenoxy) is 1. The topological polar surface area (TPSA) is 72.7 Å². The summed E-state index contributed by atoms with van der Waals surface area (Å²) in [6.07, 6.45) is 1.90. The van der Waals surface area contributed by atoms with Gasteiger partial charge in [0.25, 0.3) is 11.5 Å². The molecule has 1 aliphatic rings. The summed E-state index contributed by atoms with van der Waals surface area (Å²) >= 11 is 1.36. The van der Waals surface area contributed by atoms with Crippen LogP contribution < -0.4 is 10.9 Å². The van der Waals surface area contributed by atoms with Gasteiger partial charge in [-0.2, -0.15) is 0 Å². The van der Waals surface area contributed by atoms with Crippen LogP contribution in [-0.4, -0.2) is 28.4 Å². The summed E-state index contributed by atoms with van der Waals surface area (Å²) in [7, 11) is 0. The molecule has 0 spiro atoms. The van der Waals surface area contributed by atoms with E-state index >= 15 is 0 Å². The highest BCUT2D eigenvalue weighted by Crippen LogP contribution is 2.34. The molecular formula is C19H18FN3O3S. The van der Waals surface area contributed by atoms with Crippen molar-refractivity contribution in [3.8, 4) is 0 Å². The average molecular weight is 387 g/mol. The molecule has 0 saturated carbocycles. The smallest absolute Gasteiger partial charge is 0.271 e. The Morgan fingerprint density at radius 3 is 2.96 bits per heavy atom. The van der Waals surface area contributed by atoms with Crippen molar-refractivity contribution >= 4 is 22.2 Å². The van der Waals surface area contributed by atoms with Gasteiger partial charge in [-0.25, -0.2) is 9.37 Å². The van der Waals surface area contributed by atoms with E-state index in [9.17, 15) is 14.0 Å². The first-order chi connectivity index (χ1) is 13.0. The van der Waals surface area contributed by atoms with Crippen molar-refractivity contribution in [2.45, 2.75) is 19.4 Å². The van der Waals surface area contributed by atoms with Crippen LogP contribution in [0.5, 0.6) is 0 Å². The van der Waals surface area contributed by atoms with Crippen molar-refractivity contribution in [3.05, 3.63) is 68.8 Å². The van der Waals surface area contributed by atoms with Crippen LogP contribution in [-0.2, 0) is 4.74 Å². The number of aryl methyl sites for hydroxylation is 1. The number of halogens is 1. The molecule has 27 heavy (non-hydrogen) atoms. The number of aromatic nitrogens is 2. The largest absolute Gasteiger partial charge is 0.373 e. The van der Waals surface area contributed by atoms with E-state index in [1.165, 1.54) is 34.1 Å². The molecule has 2 aromatic heterocycles. The van der Waals surface area contributed by atoms with Crippen molar-refractivity contribution in [2.24, 2.45) is 5.92 Å². The van der Waals surface area contributed by atoms with Crippen LogP contribution in [0.15, 0.2) is 40.6 Å². The number of fused-ring (bicyclic) bond motifs is 1. The molecule has 1 amide bonds. The first-order valence-corrected chi connectivity index (χ1v) is 9.53. The molecule has 1 aromatic carbocycles. The van der Waals surface area contributed by atoms with Gasteiger partial charge in [0.1, 0.15) is 11.4 Å². The number of hydrogen-bond acceptors (Lipinski definition) is 5. The van der Waals surface area contributed by atoms with Crippen LogP contribution >= 0.6 is 11.3 Å². The number of nitrogens with one attached hydrogen (secondary N) is 1. The summed E-state index contributed by atoms with van der Waals surface area (Å²) < 4.78 is 20.3. The summed E-state index contributed by atoms with van der Waals surface area (Å²) in [5.74, 6) is -0.687. The van der Waals surface area contributed by atoms with Crippen LogP contribution in [0.1, 0.15) is 34.1 Å². The third-order valence-electron chi connectivity index (χ3n) is 4.80. The molecule has 0 aliphatic carbocycles. The number of carbonyl (C=O) groups is 1. The Bertz CT molecular complexity index is 1040. The van der Waals surface area contributed by atoms with E-state index in [2.05, 4.69) is 10.3 Å². The third-order valence-corrected chi connectivity index (χ3v) is 5.76. The van der Waals surface area contributed by atoms with Crippen molar-refractivity contribution < 1.29 is 13.9 Å². The second-order valence-electron chi connectivity index (χ2n) is 6.57. The maximum atomic E-state index is 13.1. The fraction of sp³-hybridized carbons (Fsp3) is 0.316. The molecule has 3 heterocycles. The van der Waals surface area contributed by atoms with Crippen LogP contribution in [0, 0.1) is 18.7 Å². The molecule has 4 rings (SSSR count). The molecule has 1 aliphatic heterocycles. The average Bonchev–Trinajstić information content (AvgIpc) is 3.28. The summed E-state index contributed by atoms with van der Waals surface area (Å²) in [6.45, 7) is 2.75. The van der Waals surface area contributed by atoms with E-state index in [1.807, 2.05) is 5.38 Å². The van der Waals surface area contributed by atoms with Crippen molar-refractivity contribution in [3.63, 3.8) is 0 Å². The predicted octanol–water partition coefficient (Wildman–Crippen LogP) is 2.71. The van der Waals surface area contributed by atoms with Gasteiger partial charge in [-0.3, -0.25) is 14.0 Å². The molecule has 1 saturated heterocycles. The lowest BCUT2D eigenvalue weighted by atomic mass is 9.95. The first kappa shape index (κ1) is 17.8. The number of nitrogens with zero attached hydrogens (tertiary/aromatic N) is 2. The maximum absolute atomic E-state index is 13.1. The molecule has 0 radical (unpaired) electrons. The Morgan fingerprint density at radius 1 is 1.41 bits per heavy atom. The van der Waals surface area contributed by atoms with Crippen LogP contribution in [0.25, 0.3) is 4.96 Å². The normalized spacial score (nSPS) is 19.5. The van der Waals surface area contributed by atoms with E-state index in [-0.39, 0.29) is 29.0 Å². The minimum Gasteiger partial charge on any atom is -0.373 e. The Morgan fingerprint density at radius 2 is 2.19 bits per heavy atom. The molecular weight excluding hydrogens is 369 g/mol. The lowest BCUT2D eigenvalue weighted by molar-refractivity contribution is 0.0845. The number of rotatable bonds is 4. The Hall–Kier alpha value is -2.58. The van der Waals surface area contributed by atoms with E-state index in [0.717, 1.165) is 17.7 Å². The third kappa shape index (κ3) is 3.38. The molecule has 8 heteroatoms. The van der Waals surface area contributed by atoms with E-state index in [0.29, 0.717) is 18.1 Å². The highest BCUT2D eigenvalue weighted by atomic mass is 32.1. The van der Waals surface area contributed by atoms with Gasteiger partial charge in [0.05, 0.1) is 6.10 Å². The molecule has 0 unspecified atom stereocenters. The lowest BCUT2D eigenvalue weighted by Gasteiger charge is -2.19. The van der Waals surface area contributed by atoms with Gasteiger partial charge < -0.3 is 10.1 Å². The van der Waals surface area contributed by atoms with E-state index in [1.54, 1.807) is 19.1 Å². The van der Waals surface area contributed by atoms with Crippen molar-refractivity contribution in [1.82, 2.24) is 14.7 Å². The quantitative estimate of drug-likeness (QED) is 0.747. The van der Waals surface area contributed by atoms with E-state index < -0.39 is 5.91 Å². The van der Waals surface area contributed by atoms with E-state index in [4.69, 9.17) is 4.74 Å². The van der Waals surface area contributed by atoms with Crippen LogP contribution in [0.3, 0.4) is 0 Å². The Balaban J connectivity index is 1.49. The van der Waals surface area contributed by atoms with Gasteiger partial charge in [0, 0.05) is 36.3 Å². The summed E-state index contributed by atoms with van der Waals surface area (Å²) in [6, 6.07) is 6.20. The Labute approximate surface area is 158 Å². The van der Waals surface area contributed by atoms with Crippen molar-refractivity contribution in [2.75, 3.05) is 13.2 Å². The van der Waals surface area contributed by atoms with Gasteiger partial charge in [-0.15, -0.1) is 11.3 Å². The monoisotopic (exact) mass is 387 g/mol.